The molecule has 0 spiro atoms. The van der Waals surface area contributed by atoms with Gasteiger partial charge < -0.3 is 15.5 Å². The topological polar surface area (TPSA) is 78.5 Å². The smallest absolute Gasteiger partial charge is 0.252 e. The number of rotatable bonds is 8. The molecule has 0 aromatic heterocycles. The summed E-state index contributed by atoms with van der Waals surface area (Å²) in [5.74, 6) is -0.168. The van der Waals surface area contributed by atoms with Crippen LogP contribution in [-0.2, 0) is 16.1 Å². The molecular weight excluding hydrogens is 386 g/mol. The van der Waals surface area contributed by atoms with E-state index in [2.05, 4.69) is 10.6 Å². The predicted octanol–water partition coefficient (Wildman–Crippen LogP) is 2.45. The lowest BCUT2D eigenvalue weighted by Crippen LogP contribution is -2.36. The van der Waals surface area contributed by atoms with Crippen LogP contribution in [0.1, 0.15) is 28.8 Å². The SMILES string of the molecule is O=C(CNC(=O)c1ccccc1SCC(=O)N1CCCC1)NCc1ccccc1. The van der Waals surface area contributed by atoms with E-state index in [1.165, 1.54) is 11.8 Å². The summed E-state index contributed by atoms with van der Waals surface area (Å²) in [4.78, 5) is 39.4. The summed E-state index contributed by atoms with van der Waals surface area (Å²) in [6.45, 7) is 1.96. The number of benzene rings is 2. The van der Waals surface area contributed by atoms with E-state index in [9.17, 15) is 14.4 Å². The normalized spacial score (nSPS) is 13.2. The van der Waals surface area contributed by atoms with Crippen molar-refractivity contribution in [2.75, 3.05) is 25.4 Å². The minimum Gasteiger partial charge on any atom is -0.350 e. The Bertz CT molecular complexity index is 851. The Morgan fingerprint density at radius 1 is 0.897 bits per heavy atom. The van der Waals surface area contributed by atoms with Gasteiger partial charge in [-0.3, -0.25) is 14.4 Å². The van der Waals surface area contributed by atoms with Gasteiger partial charge in [0.2, 0.25) is 11.8 Å². The maximum atomic E-state index is 12.5. The molecule has 2 N–H and O–H groups in total. The average molecular weight is 412 g/mol. The first kappa shape index (κ1) is 20.9. The fourth-order valence-electron chi connectivity index (χ4n) is 3.09. The zero-order valence-electron chi connectivity index (χ0n) is 16.2. The number of hydrogen-bond acceptors (Lipinski definition) is 4. The Hall–Kier alpha value is -2.80. The van der Waals surface area contributed by atoms with E-state index in [4.69, 9.17) is 0 Å². The van der Waals surface area contributed by atoms with Crippen LogP contribution >= 0.6 is 11.8 Å². The number of carbonyl (C=O) groups is 3. The largest absolute Gasteiger partial charge is 0.350 e. The summed E-state index contributed by atoms with van der Waals surface area (Å²) in [5.41, 5.74) is 1.47. The summed E-state index contributed by atoms with van der Waals surface area (Å²) >= 11 is 1.36. The highest BCUT2D eigenvalue weighted by Crippen LogP contribution is 2.23. The van der Waals surface area contributed by atoms with Gasteiger partial charge in [0.1, 0.15) is 0 Å². The maximum Gasteiger partial charge on any atom is 0.252 e. The zero-order chi connectivity index (χ0) is 20.5. The van der Waals surface area contributed by atoms with Gasteiger partial charge in [0, 0.05) is 24.5 Å². The van der Waals surface area contributed by atoms with Crippen molar-refractivity contribution in [2.24, 2.45) is 0 Å². The summed E-state index contributed by atoms with van der Waals surface area (Å²) in [7, 11) is 0. The van der Waals surface area contributed by atoms with Crippen LogP contribution in [0.5, 0.6) is 0 Å². The number of amides is 3. The Morgan fingerprint density at radius 2 is 1.59 bits per heavy atom. The van der Waals surface area contributed by atoms with Crippen LogP contribution < -0.4 is 10.6 Å². The molecule has 0 unspecified atom stereocenters. The molecule has 152 valence electrons. The van der Waals surface area contributed by atoms with Gasteiger partial charge in [-0.2, -0.15) is 0 Å². The summed E-state index contributed by atoms with van der Waals surface area (Å²) < 4.78 is 0. The quantitative estimate of drug-likeness (QED) is 0.654. The minimum atomic E-state index is -0.323. The first-order valence-electron chi connectivity index (χ1n) is 9.72. The first-order valence-corrected chi connectivity index (χ1v) is 10.7. The van der Waals surface area contributed by atoms with Crippen molar-refractivity contribution in [3.8, 4) is 0 Å². The van der Waals surface area contributed by atoms with Crippen molar-refractivity contribution in [3.05, 3.63) is 65.7 Å². The van der Waals surface area contributed by atoms with E-state index in [0.717, 1.165) is 36.4 Å². The van der Waals surface area contributed by atoms with Crippen LogP contribution in [-0.4, -0.2) is 48.0 Å². The maximum absolute atomic E-state index is 12.5. The second kappa shape index (κ2) is 10.7. The number of nitrogens with zero attached hydrogens (tertiary/aromatic N) is 1. The van der Waals surface area contributed by atoms with Gasteiger partial charge in [0.25, 0.3) is 5.91 Å². The molecule has 3 amide bonds. The second-order valence-corrected chi connectivity index (χ2v) is 7.83. The van der Waals surface area contributed by atoms with Crippen molar-refractivity contribution in [2.45, 2.75) is 24.3 Å². The molecule has 0 atom stereocenters. The summed E-state index contributed by atoms with van der Waals surface area (Å²) in [6.07, 6.45) is 2.11. The fraction of sp³-hybridized carbons (Fsp3) is 0.318. The van der Waals surface area contributed by atoms with Gasteiger partial charge >= 0.3 is 0 Å². The molecule has 0 aliphatic carbocycles. The van der Waals surface area contributed by atoms with Gasteiger partial charge in [-0.05, 0) is 30.5 Å². The molecule has 1 fully saturated rings. The Balaban J connectivity index is 1.48. The molecule has 2 aromatic rings. The molecule has 0 radical (unpaired) electrons. The van der Waals surface area contributed by atoms with E-state index in [1.54, 1.807) is 12.1 Å². The molecule has 1 aliphatic rings. The minimum absolute atomic E-state index is 0.0998. The highest BCUT2D eigenvalue weighted by molar-refractivity contribution is 8.00. The molecule has 1 saturated heterocycles. The molecule has 1 aliphatic heterocycles. The standard InChI is InChI=1S/C22H25N3O3S/c26-20(23-14-17-8-2-1-3-9-17)15-24-22(28)18-10-4-5-11-19(18)29-16-21(27)25-12-6-7-13-25/h1-5,8-11H,6-7,12-16H2,(H,23,26)(H,24,28). The van der Waals surface area contributed by atoms with Crippen LogP contribution in [0.4, 0.5) is 0 Å². The second-order valence-electron chi connectivity index (χ2n) is 6.82. The molecule has 3 rings (SSSR count). The van der Waals surface area contributed by atoms with Crippen LogP contribution in [0.2, 0.25) is 0 Å². The van der Waals surface area contributed by atoms with Gasteiger partial charge in [-0.25, -0.2) is 0 Å². The number of thioether (sulfide) groups is 1. The van der Waals surface area contributed by atoms with Crippen LogP contribution in [0, 0.1) is 0 Å². The van der Waals surface area contributed by atoms with Crippen molar-refractivity contribution >= 4 is 29.5 Å². The lowest BCUT2D eigenvalue weighted by atomic mass is 10.2. The van der Waals surface area contributed by atoms with E-state index in [0.29, 0.717) is 17.9 Å². The molecule has 0 bridgehead atoms. The van der Waals surface area contributed by atoms with Crippen molar-refractivity contribution in [3.63, 3.8) is 0 Å². The molecule has 29 heavy (non-hydrogen) atoms. The van der Waals surface area contributed by atoms with Gasteiger partial charge in [0.05, 0.1) is 17.9 Å². The molecular formula is C22H25N3O3S. The predicted molar refractivity (Wildman–Crippen MR) is 114 cm³/mol. The Kier molecular flexibility index (Phi) is 7.69. The van der Waals surface area contributed by atoms with Gasteiger partial charge in [-0.1, -0.05) is 42.5 Å². The fourth-order valence-corrected chi connectivity index (χ4v) is 4.04. The number of nitrogens with one attached hydrogen (secondary N) is 2. The highest BCUT2D eigenvalue weighted by Gasteiger charge is 2.19. The number of carbonyl (C=O) groups excluding carboxylic acids is 3. The third-order valence-corrected chi connectivity index (χ3v) is 5.74. The third kappa shape index (κ3) is 6.35. The Morgan fingerprint density at radius 3 is 2.34 bits per heavy atom. The molecule has 0 saturated carbocycles. The average Bonchev–Trinajstić information content (AvgIpc) is 3.30. The third-order valence-electron chi connectivity index (χ3n) is 4.68. The van der Waals surface area contributed by atoms with Crippen molar-refractivity contribution < 1.29 is 14.4 Å². The van der Waals surface area contributed by atoms with Crippen LogP contribution in [0.25, 0.3) is 0 Å². The van der Waals surface area contributed by atoms with E-state index >= 15 is 0 Å². The van der Waals surface area contributed by atoms with Crippen molar-refractivity contribution in [1.29, 1.82) is 0 Å². The lowest BCUT2D eigenvalue weighted by molar-refractivity contribution is -0.127. The summed E-state index contributed by atoms with van der Waals surface area (Å²) in [6, 6.07) is 16.7. The van der Waals surface area contributed by atoms with Gasteiger partial charge in [-0.15, -0.1) is 11.8 Å². The van der Waals surface area contributed by atoms with E-state index < -0.39 is 0 Å². The zero-order valence-corrected chi connectivity index (χ0v) is 17.0. The molecule has 1 heterocycles. The number of hydrogen-bond donors (Lipinski definition) is 2. The Labute approximate surface area is 175 Å². The van der Waals surface area contributed by atoms with E-state index in [-0.39, 0.29) is 24.3 Å². The summed E-state index contributed by atoms with van der Waals surface area (Å²) in [5, 5.41) is 5.44. The molecule has 2 aromatic carbocycles. The van der Waals surface area contributed by atoms with Gasteiger partial charge in [0.15, 0.2) is 0 Å². The van der Waals surface area contributed by atoms with Crippen molar-refractivity contribution in [1.82, 2.24) is 15.5 Å². The highest BCUT2D eigenvalue weighted by atomic mass is 32.2. The first-order chi connectivity index (χ1) is 14.1. The molecule has 7 heteroatoms. The lowest BCUT2D eigenvalue weighted by Gasteiger charge is -2.15. The number of likely N-dealkylation sites (tertiary alicyclic amines) is 1. The monoisotopic (exact) mass is 411 g/mol. The van der Waals surface area contributed by atoms with Crippen LogP contribution in [0.15, 0.2) is 59.5 Å². The van der Waals surface area contributed by atoms with Crippen LogP contribution in [0.3, 0.4) is 0 Å². The van der Waals surface area contributed by atoms with E-state index in [1.807, 2.05) is 47.4 Å². The molecule has 6 nitrogen and oxygen atoms in total.